The number of para-hydroxylation sites is 2. The number of carbonyl (C=O) groups is 1. The topological polar surface area (TPSA) is 64.3 Å². The summed E-state index contributed by atoms with van der Waals surface area (Å²) in [7, 11) is 0. The summed E-state index contributed by atoms with van der Waals surface area (Å²) in [5.41, 5.74) is 10.7. The van der Waals surface area contributed by atoms with Gasteiger partial charge in [0.15, 0.2) is 5.78 Å². The molecular weight excluding hydrogens is 372 g/mol. The first-order chi connectivity index (χ1) is 14.7. The summed E-state index contributed by atoms with van der Waals surface area (Å²) in [4.78, 5) is 12.8. The fourth-order valence-electron chi connectivity index (χ4n) is 3.08. The van der Waals surface area contributed by atoms with Gasteiger partial charge in [0.2, 0.25) is 0 Å². The Labute approximate surface area is 175 Å². The second-order valence-corrected chi connectivity index (χ2v) is 6.92. The number of hydrogen-bond donors (Lipinski definition) is 2. The summed E-state index contributed by atoms with van der Waals surface area (Å²) in [6, 6.07) is 32.1. The normalized spacial score (nSPS) is 10.4. The summed E-state index contributed by atoms with van der Waals surface area (Å²) >= 11 is 0. The van der Waals surface area contributed by atoms with Crippen molar-refractivity contribution in [3.8, 4) is 5.75 Å². The zero-order valence-electron chi connectivity index (χ0n) is 16.4. The van der Waals surface area contributed by atoms with Crippen LogP contribution in [0.25, 0.3) is 0 Å². The van der Waals surface area contributed by atoms with Gasteiger partial charge in [-0.3, -0.25) is 4.79 Å². The van der Waals surface area contributed by atoms with Crippen molar-refractivity contribution in [2.75, 3.05) is 11.1 Å². The van der Waals surface area contributed by atoms with Crippen molar-refractivity contribution in [3.05, 3.63) is 120 Å². The van der Waals surface area contributed by atoms with Crippen molar-refractivity contribution in [3.63, 3.8) is 0 Å². The molecule has 0 radical (unpaired) electrons. The molecule has 4 rings (SSSR count). The number of benzene rings is 4. The average molecular weight is 394 g/mol. The molecule has 0 aromatic heterocycles. The maximum Gasteiger partial charge on any atom is 0.193 e. The number of hydrogen-bond acceptors (Lipinski definition) is 4. The number of nitrogens with two attached hydrogens (primary N) is 1. The van der Waals surface area contributed by atoms with Crippen LogP contribution in [0.15, 0.2) is 103 Å². The summed E-state index contributed by atoms with van der Waals surface area (Å²) in [6.45, 7) is 0.495. The Morgan fingerprint density at radius 1 is 0.733 bits per heavy atom. The van der Waals surface area contributed by atoms with Crippen molar-refractivity contribution in [1.82, 2.24) is 0 Å². The SMILES string of the molecule is Nc1ccccc1Nc1ccc(C(=O)c2ccc(OCc3ccccc3)cc2)cc1. The van der Waals surface area contributed by atoms with E-state index in [2.05, 4.69) is 5.32 Å². The van der Waals surface area contributed by atoms with Crippen LogP contribution in [0, 0.1) is 0 Å². The van der Waals surface area contributed by atoms with Crippen molar-refractivity contribution >= 4 is 22.8 Å². The highest BCUT2D eigenvalue weighted by Crippen LogP contribution is 2.23. The predicted octanol–water partition coefficient (Wildman–Crippen LogP) is 5.82. The summed E-state index contributed by atoms with van der Waals surface area (Å²) in [5, 5.41) is 3.26. The number of nitrogen functional groups attached to an aromatic ring is 1. The molecule has 0 fully saturated rings. The minimum atomic E-state index is -0.0321. The fourth-order valence-corrected chi connectivity index (χ4v) is 3.08. The molecule has 0 aliphatic rings. The second-order valence-electron chi connectivity index (χ2n) is 6.92. The molecular formula is C26H22N2O2. The van der Waals surface area contributed by atoms with Crippen LogP contribution in [0.5, 0.6) is 5.75 Å². The molecule has 0 amide bonds. The molecule has 0 heterocycles. The van der Waals surface area contributed by atoms with Gasteiger partial charge in [0.1, 0.15) is 12.4 Å². The molecule has 30 heavy (non-hydrogen) atoms. The van der Waals surface area contributed by atoms with Crippen molar-refractivity contribution in [2.45, 2.75) is 6.61 Å². The van der Waals surface area contributed by atoms with Crippen LogP contribution >= 0.6 is 0 Å². The zero-order chi connectivity index (χ0) is 20.8. The Morgan fingerprint density at radius 2 is 1.33 bits per heavy atom. The van der Waals surface area contributed by atoms with Crippen LogP contribution in [0.1, 0.15) is 21.5 Å². The number of carbonyl (C=O) groups excluding carboxylic acids is 1. The van der Waals surface area contributed by atoms with E-state index in [1.54, 1.807) is 12.1 Å². The third-order valence-electron chi connectivity index (χ3n) is 4.75. The lowest BCUT2D eigenvalue weighted by Crippen LogP contribution is -2.02. The van der Waals surface area contributed by atoms with Gasteiger partial charge in [-0.1, -0.05) is 42.5 Å². The Bertz CT molecular complexity index is 1120. The first-order valence-electron chi connectivity index (χ1n) is 9.72. The molecule has 0 spiro atoms. The highest BCUT2D eigenvalue weighted by atomic mass is 16.5. The highest BCUT2D eigenvalue weighted by Gasteiger charge is 2.09. The first kappa shape index (κ1) is 19.3. The van der Waals surface area contributed by atoms with Gasteiger partial charge in [0, 0.05) is 16.8 Å². The number of ether oxygens (including phenoxy) is 1. The van der Waals surface area contributed by atoms with Gasteiger partial charge in [-0.25, -0.2) is 0 Å². The molecule has 148 valence electrons. The second kappa shape index (κ2) is 8.97. The highest BCUT2D eigenvalue weighted by molar-refractivity contribution is 6.09. The van der Waals surface area contributed by atoms with Crippen LogP contribution in [-0.2, 0) is 6.61 Å². The van der Waals surface area contributed by atoms with Crippen molar-refractivity contribution in [2.24, 2.45) is 0 Å². The Morgan fingerprint density at radius 3 is 2.00 bits per heavy atom. The minimum absolute atomic E-state index is 0.0321. The standard InChI is InChI=1S/C26H22N2O2/c27-24-8-4-5-9-25(24)28-22-14-10-20(11-15-22)26(29)21-12-16-23(17-13-21)30-18-19-6-2-1-3-7-19/h1-17,28H,18,27H2. The minimum Gasteiger partial charge on any atom is -0.489 e. The van der Waals surface area contributed by atoms with E-state index >= 15 is 0 Å². The van der Waals surface area contributed by atoms with Crippen LogP contribution in [0.4, 0.5) is 17.1 Å². The van der Waals surface area contributed by atoms with Crippen LogP contribution in [0.3, 0.4) is 0 Å². The Kier molecular flexibility index (Phi) is 5.76. The van der Waals surface area contributed by atoms with E-state index in [0.29, 0.717) is 23.4 Å². The molecule has 0 saturated carbocycles. The Hall–Kier alpha value is -4.05. The molecule has 0 bridgehead atoms. The smallest absolute Gasteiger partial charge is 0.193 e. The van der Waals surface area contributed by atoms with E-state index in [1.165, 1.54) is 0 Å². The van der Waals surface area contributed by atoms with Crippen LogP contribution in [-0.4, -0.2) is 5.78 Å². The number of nitrogens with one attached hydrogen (secondary N) is 1. The molecule has 4 aromatic carbocycles. The van der Waals surface area contributed by atoms with Gasteiger partial charge >= 0.3 is 0 Å². The third-order valence-corrected chi connectivity index (χ3v) is 4.75. The molecule has 4 aromatic rings. The van der Waals surface area contributed by atoms with E-state index in [4.69, 9.17) is 10.5 Å². The largest absolute Gasteiger partial charge is 0.489 e. The lowest BCUT2D eigenvalue weighted by atomic mass is 10.0. The molecule has 0 aliphatic carbocycles. The molecule has 0 atom stereocenters. The third kappa shape index (κ3) is 4.67. The molecule has 0 saturated heterocycles. The van der Waals surface area contributed by atoms with Gasteiger partial charge in [0.25, 0.3) is 0 Å². The van der Waals surface area contributed by atoms with Gasteiger partial charge in [-0.15, -0.1) is 0 Å². The van der Waals surface area contributed by atoms with Crippen molar-refractivity contribution in [1.29, 1.82) is 0 Å². The Balaban J connectivity index is 1.39. The maximum absolute atomic E-state index is 12.8. The monoisotopic (exact) mass is 394 g/mol. The number of rotatable bonds is 7. The lowest BCUT2D eigenvalue weighted by molar-refractivity contribution is 0.103. The van der Waals surface area contributed by atoms with E-state index in [9.17, 15) is 4.79 Å². The van der Waals surface area contributed by atoms with E-state index in [1.807, 2.05) is 91.0 Å². The predicted molar refractivity (Wildman–Crippen MR) is 121 cm³/mol. The molecule has 0 aliphatic heterocycles. The van der Waals surface area contributed by atoms with Gasteiger partial charge in [-0.2, -0.15) is 0 Å². The van der Waals surface area contributed by atoms with Gasteiger partial charge in [0.05, 0.1) is 11.4 Å². The molecule has 4 nitrogen and oxygen atoms in total. The summed E-state index contributed by atoms with van der Waals surface area (Å²) in [5.74, 6) is 0.700. The van der Waals surface area contributed by atoms with Gasteiger partial charge in [-0.05, 0) is 66.2 Å². The molecule has 3 N–H and O–H groups in total. The maximum atomic E-state index is 12.8. The quantitative estimate of drug-likeness (QED) is 0.306. The zero-order valence-corrected chi connectivity index (χ0v) is 16.4. The van der Waals surface area contributed by atoms with Gasteiger partial charge < -0.3 is 15.8 Å². The lowest BCUT2D eigenvalue weighted by Gasteiger charge is -2.10. The van der Waals surface area contributed by atoms with E-state index < -0.39 is 0 Å². The average Bonchev–Trinajstić information content (AvgIpc) is 2.80. The first-order valence-corrected chi connectivity index (χ1v) is 9.72. The summed E-state index contributed by atoms with van der Waals surface area (Å²) in [6.07, 6.45) is 0. The van der Waals surface area contributed by atoms with E-state index in [0.717, 1.165) is 22.7 Å². The fraction of sp³-hybridized carbons (Fsp3) is 0.0385. The molecule has 0 unspecified atom stereocenters. The van der Waals surface area contributed by atoms with Crippen LogP contribution in [0.2, 0.25) is 0 Å². The summed E-state index contributed by atoms with van der Waals surface area (Å²) < 4.78 is 5.78. The van der Waals surface area contributed by atoms with E-state index in [-0.39, 0.29) is 5.78 Å². The molecule has 4 heteroatoms. The van der Waals surface area contributed by atoms with Crippen molar-refractivity contribution < 1.29 is 9.53 Å². The van der Waals surface area contributed by atoms with Crippen LogP contribution < -0.4 is 15.8 Å². The number of ketones is 1. The number of anilines is 3.